The second-order valence-electron chi connectivity index (χ2n) is 5.10. The molecule has 1 saturated heterocycles. The van der Waals surface area contributed by atoms with Crippen LogP contribution < -0.4 is 5.32 Å². The van der Waals surface area contributed by atoms with Crippen LogP contribution in [-0.2, 0) is 6.42 Å². The summed E-state index contributed by atoms with van der Waals surface area (Å²) >= 11 is 0. The van der Waals surface area contributed by atoms with E-state index in [1.54, 1.807) is 11.1 Å². The summed E-state index contributed by atoms with van der Waals surface area (Å²) < 4.78 is 0. The van der Waals surface area contributed by atoms with Crippen LogP contribution in [0.15, 0.2) is 18.7 Å². The monoisotopic (exact) mass is 213 g/mol. The summed E-state index contributed by atoms with van der Waals surface area (Å²) in [5.74, 6) is 0.735. The minimum atomic E-state index is 0.735. The Morgan fingerprint density at radius 2 is 2.19 bits per heavy atom. The van der Waals surface area contributed by atoms with E-state index in [4.69, 9.17) is 0 Å². The molecule has 84 valence electrons. The zero-order chi connectivity index (χ0) is 11.1. The lowest BCUT2D eigenvalue weighted by Gasteiger charge is -2.16. The standard InChI is InChI=1S/C15H19N/c1-10-3-4-15-11(2)14(6-5-13(10)15)12-7-8-16-9-12/h5-6,12,16H,1,3-4,7-9H2,2H3. The van der Waals surface area contributed by atoms with Crippen LogP contribution in [0.1, 0.15) is 41.0 Å². The maximum absolute atomic E-state index is 4.15. The molecule has 1 aromatic carbocycles. The molecule has 0 aromatic heterocycles. The first-order chi connectivity index (χ1) is 7.77. The number of hydrogen-bond donors (Lipinski definition) is 1. The van der Waals surface area contributed by atoms with Gasteiger partial charge in [0, 0.05) is 6.54 Å². The van der Waals surface area contributed by atoms with Crippen LogP contribution in [0.2, 0.25) is 0 Å². The predicted octanol–water partition coefficient (Wildman–Crippen LogP) is 3.03. The second kappa shape index (κ2) is 3.74. The van der Waals surface area contributed by atoms with Gasteiger partial charge in [-0.25, -0.2) is 0 Å². The van der Waals surface area contributed by atoms with Crippen LogP contribution in [0.5, 0.6) is 0 Å². The quantitative estimate of drug-likeness (QED) is 0.756. The van der Waals surface area contributed by atoms with Crippen molar-refractivity contribution in [3.8, 4) is 0 Å². The van der Waals surface area contributed by atoms with Gasteiger partial charge in [0.1, 0.15) is 0 Å². The molecule has 0 spiro atoms. The molecule has 1 aromatic rings. The summed E-state index contributed by atoms with van der Waals surface area (Å²) in [5, 5.41) is 3.46. The lowest BCUT2D eigenvalue weighted by Crippen LogP contribution is -2.09. The fourth-order valence-electron chi connectivity index (χ4n) is 3.20. The molecule has 1 nitrogen and oxygen atoms in total. The molecular formula is C15H19N. The van der Waals surface area contributed by atoms with Crippen LogP contribution in [0.25, 0.3) is 5.57 Å². The van der Waals surface area contributed by atoms with Crippen LogP contribution in [0, 0.1) is 6.92 Å². The molecule has 0 radical (unpaired) electrons. The van der Waals surface area contributed by atoms with E-state index in [0.29, 0.717) is 0 Å². The number of hydrogen-bond acceptors (Lipinski definition) is 1. The summed E-state index contributed by atoms with van der Waals surface area (Å²) in [6.45, 7) is 8.78. The van der Waals surface area contributed by atoms with E-state index in [0.717, 1.165) is 18.9 Å². The molecular weight excluding hydrogens is 194 g/mol. The van der Waals surface area contributed by atoms with Gasteiger partial charge in [0.25, 0.3) is 0 Å². The average molecular weight is 213 g/mol. The van der Waals surface area contributed by atoms with E-state index >= 15 is 0 Å². The third kappa shape index (κ3) is 1.42. The van der Waals surface area contributed by atoms with Gasteiger partial charge < -0.3 is 5.32 Å². The van der Waals surface area contributed by atoms with E-state index in [2.05, 4.69) is 31.0 Å². The minimum absolute atomic E-state index is 0.735. The Kier molecular flexibility index (Phi) is 2.36. The van der Waals surface area contributed by atoms with E-state index in [1.165, 1.54) is 36.1 Å². The van der Waals surface area contributed by atoms with Gasteiger partial charge in [0.15, 0.2) is 0 Å². The van der Waals surface area contributed by atoms with Gasteiger partial charge in [-0.3, -0.25) is 0 Å². The fraction of sp³-hybridized carbons (Fsp3) is 0.467. The second-order valence-corrected chi connectivity index (χ2v) is 5.10. The Bertz CT molecular complexity index is 439. The van der Waals surface area contributed by atoms with Crippen molar-refractivity contribution in [2.45, 2.75) is 32.1 Å². The maximum Gasteiger partial charge on any atom is 0.00207 e. The Balaban J connectivity index is 2.05. The normalized spacial score (nSPS) is 23.8. The number of allylic oxidation sites excluding steroid dienone is 1. The van der Waals surface area contributed by atoms with Gasteiger partial charge in [-0.2, -0.15) is 0 Å². The van der Waals surface area contributed by atoms with Gasteiger partial charge >= 0.3 is 0 Å². The van der Waals surface area contributed by atoms with Crippen LogP contribution in [0.3, 0.4) is 0 Å². The minimum Gasteiger partial charge on any atom is -0.316 e. The van der Waals surface area contributed by atoms with E-state index < -0.39 is 0 Å². The molecule has 1 heterocycles. The lowest BCUT2D eigenvalue weighted by atomic mass is 9.89. The average Bonchev–Trinajstić information content (AvgIpc) is 2.90. The number of benzene rings is 1. The summed E-state index contributed by atoms with van der Waals surface area (Å²) in [7, 11) is 0. The van der Waals surface area contributed by atoms with E-state index in [-0.39, 0.29) is 0 Å². The highest BCUT2D eigenvalue weighted by molar-refractivity contribution is 5.72. The molecule has 0 bridgehead atoms. The van der Waals surface area contributed by atoms with Crippen LogP contribution in [-0.4, -0.2) is 13.1 Å². The first-order valence-corrected chi connectivity index (χ1v) is 6.28. The molecule has 0 amide bonds. The van der Waals surface area contributed by atoms with Crippen LogP contribution >= 0.6 is 0 Å². The van der Waals surface area contributed by atoms with Crippen LogP contribution in [0.4, 0.5) is 0 Å². The molecule has 1 unspecified atom stereocenters. The Morgan fingerprint density at radius 1 is 1.31 bits per heavy atom. The molecule has 2 aliphatic rings. The number of rotatable bonds is 1. The van der Waals surface area contributed by atoms with Crippen molar-refractivity contribution in [1.82, 2.24) is 5.32 Å². The number of fused-ring (bicyclic) bond motifs is 1. The molecule has 1 N–H and O–H groups in total. The molecule has 3 rings (SSSR count). The maximum atomic E-state index is 4.15. The molecule has 0 saturated carbocycles. The zero-order valence-corrected chi connectivity index (χ0v) is 9.97. The fourth-order valence-corrected chi connectivity index (χ4v) is 3.20. The smallest absolute Gasteiger partial charge is 0.00207 e. The third-order valence-corrected chi connectivity index (χ3v) is 4.20. The van der Waals surface area contributed by atoms with Gasteiger partial charge in [-0.1, -0.05) is 18.7 Å². The Hall–Kier alpha value is -1.08. The highest BCUT2D eigenvalue weighted by atomic mass is 14.9. The molecule has 1 atom stereocenters. The van der Waals surface area contributed by atoms with Crippen molar-refractivity contribution in [2.24, 2.45) is 0 Å². The SMILES string of the molecule is C=C1CCc2c1ccc(C1CCNC1)c2C. The van der Waals surface area contributed by atoms with Crippen molar-refractivity contribution < 1.29 is 0 Å². The van der Waals surface area contributed by atoms with Gasteiger partial charge in [0.2, 0.25) is 0 Å². The molecule has 1 aliphatic carbocycles. The molecule has 1 aliphatic heterocycles. The summed E-state index contributed by atoms with van der Waals surface area (Å²) in [6.07, 6.45) is 3.65. The van der Waals surface area contributed by atoms with Crippen molar-refractivity contribution in [3.05, 3.63) is 41.0 Å². The molecule has 1 heteroatoms. The molecule has 1 fully saturated rings. The van der Waals surface area contributed by atoms with Crippen molar-refractivity contribution in [1.29, 1.82) is 0 Å². The topological polar surface area (TPSA) is 12.0 Å². The Labute approximate surface area is 97.6 Å². The predicted molar refractivity (Wildman–Crippen MR) is 68.8 cm³/mol. The van der Waals surface area contributed by atoms with Gasteiger partial charge in [-0.05, 0) is 66.5 Å². The Morgan fingerprint density at radius 3 is 2.94 bits per heavy atom. The van der Waals surface area contributed by atoms with E-state index in [9.17, 15) is 0 Å². The summed E-state index contributed by atoms with van der Waals surface area (Å²) in [5.41, 5.74) is 7.42. The first-order valence-electron chi connectivity index (χ1n) is 6.28. The molecule has 16 heavy (non-hydrogen) atoms. The van der Waals surface area contributed by atoms with Crippen molar-refractivity contribution in [3.63, 3.8) is 0 Å². The van der Waals surface area contributed by atoms with Crippen molar-refractivity contribution in [2.75, 3.05) is 13.1 Å². The lowest BCUT2D eigenvalue weighted by molar-refractivity contribution is 0.755. The summed E-state index contributed by atoms with van der Waals surface area (Å²) in [6, 6.07) is 4.63. The van der Waals surface area contributed by atoms with E-state index in [1.807, 2.05) is 0 Å². The van der Waals surface area contributed by atoms with Gasteiger partial charge in [0.05, 0.1) is 0 Å². The zero-order valence-electron chi connectivity index (χ0n) is 9.97. The van der Waals surface area contributed by atoms with Crippen molar-refractivity contribution >= 4 is 5.57 Å². The first kappa shape index (κ1) is 10.1. The highest BCUT2D eigenvalue weighted by Crippen LogP contribution is 2.37. The summed E-state index contributed by atoms with van der Waals surface area (Å²) in [4.78, 5) is 0. The number of nitrogens with one attached hydrogen (secondary N) is 1. The largest absolute Gasteiger partial charge is 0.316 e. The highest BCUT2D eigenvalue weighted by Gasteiger charge is 2.23. The van der Waals surface area contributed by atoms with Gasteiger partial charge in [-0.15, -0.1) is 0 Å². The third-order valence-electron chi connectivity index (χ3n) is 4.20.